The van der Waals surface area contributed by atoms with Crippen LogP contribution in [0.25, 0.3) is 0 Å². The van der Waals surface area contributed by atoms with Crippen molar-refractivity contribution in [2.24, 2.45) is 0 Å². The largest absolute Gasteiger partial charge is 0.352 e. The highest BCUT2D eigenvalue weighted by Gasteiger charge is 2.19. The van der Waals surface area contributed by atoms with Crippen LogP contribution in [-0.2, 0) is 4.79 Å². The van der Waals surface area contributed by atoms with Crippen LogP contribution < -0.4 is 4.90 Å². The Morgan fingerprint density at radius 1 is 1.19 bits per heavy atom. The molecule has 1 aromatic rings. The average Bonchev–Trinajstić information content (AvgIpc) is 2.30. The van der Waals surface area contributed by atoms with Crippen molar-refractivity contribution in [3.05, 3.63) is 18.1 Å². The van der Waals surface area contributed by atoms with E-state index < -0.39 is 0 Å². The highest BCUT2D eigenvalue weighted by molar-refractivity contribution is 5.73. The van der Waals surface area contributed by atoms with E-state index in [4.69, 9.17) is 0 Å². The molecule has 2 rings (SSSR count). The first-order valence-corrected chi connectivity index (χ1v) is 5.46. The van der Waals surface area contributed by atoms with Crippen molar-refractivity contribution in [3.63, 3.8) is 0 Å². The van der Waals surface area contributed by atoms with E-state index in [0.717, 1.165) is 37.7 Å². The molecule has 0 atom stereocenters. The zero-order chi connectivity index (χ0) is 11.5. The molecule has 16 heavy (non-hydrogen) atoms. The van der Waals surface area contributed by atoms with Gasteiger partial charge in [0.1, 0.15) is 5.82 Å². The Morgan fingerprint density at radius 2 is 1.88 bits per heavy atom. The van der Waals surface area contributed by atoms with E-state index in [2.05, 4.69) is 14.9 Å². The van der Waals surface area contributed by atoms with E-state index in [-0.39, 0.29) is 5.91 Å². The van der Waals surface area contributed by atoms with Crippen LogP contribution in [0.2, 0.25) is 0 Å². The summed E-state index contributed by atoms with van der Waals surface area (Å²) in [6, 6.07) is 0. The second-order valence-electron chi connectivity index (χ2n) is 4.01. The van der Waals surface area contributed by atoms with Gasteiger partial charge in [0.15, 0.2) is 0 Å². The number of carbonyl (C=O) groups is 1. The number of hydrogen-bond acceptors (Lipinski definition) is 4. The Bertz CT molecular complexity index is 368. The van der Waals surface area contributed by atoms with Gasteiger partial charge in [-0.05, 0) is 6.92 Å². The Kier molecular flexibility index (Phi) is 3.03. The summed E-state index contributed by atoms with van der Waals surface area (Å²) < 4.78 is 0. The molecular formula is C11H16N4O. The van der Waals surface area contributed by atoms with Crippen LogP contribution >= 0.6 is 0 Å². The zero-order valence-electron chi connectivity index (χ0n) is 9.68. The number of amides is 1. The molecule has 2 heterocycles. The fourth-order valence-electron chi connectivity index (χ4n) is 1.80. The molecule has 1 fully saturated rings. The van der Waals surface area contributed by atoms with Crippen molar-refractivity contribution < 1.29 is 4.79 Å². The molecule has 0 radical (unpaired) electrons. The van der Waals surface area contributed by atoms with Gasteiger partial charge in [-0.1, -0.05) is 0 Å². The lowest BCUT2D eigenvalue weighted by Gasteiger charge is -2.34. The van der Waals surface area contributed by atoms with Crippen molar-refractivity contribution in [2.45, 2.75) is 13.8 Å². The fourth-order valence-corrected chi connectivity index (χ4v) is 1.80. The molecule has 1 saturated heterocycles. The summed E-state index contributed by atoms with van der Waals surface area (Å²) in [5.74, 6) is 1.04. The number of carbonyl (C=O) groups excluding carboxylic acids is 1. The van der Waals surface area contributed by atoms with Crippen LogP contribution in [-0.4, -0.2) is 47.0 Å². The van der Waals surface area contributed by atoms with Gasteiger partial charge >= 0.3 is 0 Å². The normalized spacial score (nSPS) is 16.4. The maximum Gasteiger partial charge on any atom is 0.219 e. The molecule has 1 aliphatic heterocycles. The summed E-state index contributed by atoms with van der Waals surface area (Å²) in [6.07, 6.45) is 3.56. The molecule has 0 unspecified atom stereocenters. The van der Waals surface area contributed by atoms with Crippen LogP contribution in [0.1, 0.15) is 12.6 Å². The molecule has 0 aliphatic carbocycles. The summed E-state index contributed by atoms with van der Waals surface area (Å²) in [6.45, 7) is 6.73. The van der Waals surface area contributed by atoms with Gasteiger partial charge in [-0.25, -0.2) is 4.98 Å². The minimum absolute atomic E-state index is 0.148. The fraction of sp³-hybridized carbons (Fsp3) is 0.545. The average molecular weight is 220 g/mol. The first-order valence-electron chi connectivity index (χ1n) is 5.46. The van der Waals surface area contributed by atoms with Crippen LogP contribution in [0.3, 0.4) is 0 Å². The maximum absolute atomic E-state index is 11.2. The topological polar surface area (TPSA) is 49.3 Å². The van der Waals surface area contributed by atoms with E-state index in [9.17, 15) is 4.79 Å². The van der Waals surface area contributed by atoms with Crippen LogP contribution in [0.15, 0.2) is 12.4 Å². The number of hydrogen-bond donors (Lipinski definition) is 0. The molecule has 1 amide bonds. The number of rotatable bonds is 1. The van der Waals surface area contributed by atoms with E-state index in [1.165, 1.54) is 0 Å². The van der Waals surface area contributed by atoms with E-state index in [1.807, 2.05) is 11.8 Å². The lowest BCUT2D eigenvalue weighted by molar-refractivity contribution is -0.129. The molecule has 1 aromatic heterocycles. The SMILES string of the molecule is CC(=O)N1CCN(c2cnc(C)cn2)CC1. The first kappa shape index (κ1) is 10.9. The molecule has 5 heteroatoms. The number of aromatic nitrogens is 2. The standard InChI is InChI=1S/C11H16N4O/c1-9-7-13-11(8-12-9)15-5-3-14(4-6-15)10(2)16/h7-8H,3-6H2,1-2H3. The van der Waals surface area contributed by atoms with Gasteiger partial charge in [0.25, 0.3) is 0 Å². The molecule has 0 N–H and O–H groups in total. The Labute approximate surface area is 95.1 Å². The summed E-state index contributed by atoms with van der Waals surface area (Å²) in [5, 5.41) is 0. The summed E-state index contributed by atoms with van der Waals surface area (Å²) >= 11 is 0. The summed E-state index contributed by atoms with van der Waals surface area (Å²) in [4.78, 5) is 23.7. The Hall–Kier alpha value is -1.65. The predicted molar refractivity (Wildman–Crippen MR) is 61.2 cm³/mol. The first-order chi connectivity index (χ1) is 7.66. The molecule has 5 nitrogen and oxygen atoms in total. The van der Waals surface area contributed by atoms with E-state index in [1.54, 1.807) is 19.3 Å². The van der Waals surface area contributed by atoms with Gasteiger partial charge in [-0.2, -0.15) is 0 Å². The highest BCUT2D eigenvalue weighted by Crippen LogP contribution is 2.12. The van der Waals surface area contributed by atoms with E-state index in [0.29, 0.717) is 0 Å². The highest BCUT2D eigenvalue weighted by atomic mass is 16.2. The van der Waals surface area contributed by atoms with Gasteiger partial charge in [0, 0.05) is 33.1 Å². The summed E-state index contributed by atoms with van der Waals surface area (Å²) in [7, 11) is 0. The third kappa shape index (κ3) is 2.29. The van der Waals surface area contributed by atoms with Crippen LogP contribution in [0.5, 0.6) is 0 Å². The van der Waals surface area contributed by atoms with Gasteiger partial charge in [0.2, 0.25) is 5.91 Å². The maximum atomic E-state index is 11.2. The van der Waals surface area contributed by atoms with Gasteiger partial charge in [-0.15, -0.1) is 0 Å². The molecule has 0 bridgehead atoms. The Balaban J connectivity index is 1.99. The number of piperazine rings is 1. The number of nitrogens with zero attached hydrogens (tertiary/aromatic N) is 4. The second-order valence-corrected chi connectivity index (χ2v) is 4.01. The van der Waals surface area contributed by atoms with Gasteiger partial charge in [0.05, 0.1) is 18.1 Å². The van der Waals surface area contributed by atoms with Crippen LogP contribution in [0, 0.1) is 6.92 Å². The third-order valence-electron chi connectivity index (χ3n) is 2.82. The van der Waals surface area contributed by atoms with Crippen molar-refractivity contribution in [1.82, 2.24) is 14.9 Å². The monoisotopic (exact) mass is 220 g/mol. The van der Waals surface area contributed by atoms with Crippen molar-refractivity contribution in [3.8, 4) is 0 Å². The van der Waals surface area contributed by atoms with Gasteiger partial charge < -0.3 is 9.80 Å². The second kappa shape index (κ2) is 4.47. The lowest BCUT2D eigenvalue weighted by atomic mass is 10.3. The lowest BCUT2D eigenvalue weighted by Crippen LogP contribution is -2.48. The summed E-state index contributed by atoms with van der Waals surface area (Å²) in [5.41, 5.74) is 0.922. The van der Waals surface area contributed by atoms with E-state index >= 15 is 0 Å². The molecule has 0 saturated carbocycles. The van der Waals surface area contributed by atoms with Crippen molar-refractivity contribution in [1.29, 1.82) is 0 Å². The molecule has 0 aromatic carbocycles. The van der Waals surface area contributed by atoms with Crippen molar-refractivity contribution in [2.75, 3.05) is 31.1 Å². The zero-order valence-corrected chi connectivity index (χ0v) is 9.68. The Morgan fingerprint density at radius 3 is 2.38 bits per heavy atom. The minimum Gasteiger partial charge on any atom is -0.352 e. The third-order valence-corrected chi connectivity index (χ3v) is 2.82. The molecule has 1 aliphatic rings. The molecule has 0 spiro atoms. The number of aryl methyl sites for hydroxylation is 1. The smallest absolute Gasteiger partial charge is 0.219 e. The quantitative estimate of drug-likeness (QED) is 0.689. The predicted octanol–water partition coefficient (Wildman–Crippen LogP) is 0.454. The minimum atomic E-state index is 0.148. The van der Waals surface area contributed by atoms with Gasteiger partial charge in [-0.3, -0.25) is 9.78 Å². The molecular weight excluding hydrogens is 204 g/mol. The molecule has 86 valence electrons. The number of anilines is 1. The van der Waals surface area contributed by atoms with Crippen LogP contribution in [0.4, 0.5) is 5.82 Å². The van der Waals surface area contributed by atoms with Crippen molar-refractivity contribution >= 4 is 11.7 Å².